The van der Waals surface area contributed by atoms with E-state index in [1.165, 1.54) is 6.92 Å². The number of hydrogen-bond acceptors (Lipinski definition) is 3. The Kier molecular flexibility index (Phi) is 3.98. The number of ether oxygens (including phenoxy) is 1. The average Bonchev–Trinajstić information content (AvgIpc) is 2.36. The van der Waals surface area contributed by atoms with Crippen molar-refractivity contribution in [2.75, 3.05) is 12.4 Å². The second-order valence-corrected chi connectivity index (χ2v) is 5.05. The molecule has 2 aromatic rings. The van der Waals surface area contributed by atoms with E-state index in [-0.39, 0.29) is 17.2 Å². The van der Waals surface area contributed by atoms with Gasteiger partial charge in [-0.3, -0.25) is 0 Å². The minimum atomic E-state index is -4.48. The molecule has 1 heterocycles. The lowest BCUT2D eigenvalue weighted by Gasteiger charge is -2.17. The van der Waals surface area contributed by atoms with Crippen molar-refractivity contribution in [3.8, 4) is 5.75 Å². The van der Waals surface area contributed by atoms with E-state index in [0.717, 1.165) is 0 Å². The van der Waals surface area contributed by atoms with E-state index in [4.69, 9.17) is 4.74 Å². The Labute approximate surface area is 121 Å². The van der Waals surface area contributed by atoms with Crippen LogP contribution in [-0.2, 0) is 6.18 Å². The predicted molar refractivity (Wildman–Crippen MR) is 76.8 cm³/mol. The van der Waals surface area contributed by atoms with Crippen molar-refractivity contribution in [2.45, 2.75) is 33.1 Å². The van der Waals surface area contributed by atoms with Gasteiger partial charge < -0.3 is 10.1 Å². The summed E-state index contributed by atoms with van der Waals surface area (Å²) in [5, 5.41) is 3.45. The quantitative estimate of drug-likeness (QED) is 0.912. The molecular weight excluding hydrogens is 281 g/mol. The fourth-order valence-electron chi connectivity index (χ4n) is 2.28. The number of benzene rings is 1. The van der Waals surface area contributed by atoms with Crippen LogP contribution in [0.1, 0.15) is 25.1 Å². The van der Waals surface area contributed by atoms with Gasteiger partial charge in [-0.05, 0) is 39.0 Å². The number of rotatable bonds is 3. The summed E-state index contributed by atoms with van der Waals surface area (Å²) in [4.78, 5) is 3.75. The topological polar surface area (TPSA) is 34.2 Å². The molecule has 0 aliphatic rings. The Morgan fingerprint density at radius 3 is 2.43 bits per heavy atom. The Morgan fingerprint density at radius 2 is 1.90 bits per heavy atom. The normalized spacial score (nSPS) is 12.0. The zero-order valence-electron chi connectivity index (χ0n) is 12.3. The van der Waals surface area contributed by atoms with E-state index in [1.807, 2.05) is 13.8 Å². The summed E-state index contributed by atoms with van der Waals surface area (Å²) in [6, 6.07) is 4.88. The van der Waals surface area contributed by atoms with Crippen LogP contribution in [0, 0.1) is 6.92 Å². The summed E-state index contributed by atoms with van der Waals surface area (Å²) in [5.41, 5.74) is -0.0778. The molecule has 2 rings (SSSR count). The summed E-state index contributed by atoms with van der Waals surface area (Å²) < 4.78 is 44.7. The van der Waals surface area contributed by atoms with E-state index in [2.05, 4.69) is 10.3 Å². The average molecular weight is 298 g/mol. The van der Waals surface area contributed by atoms with Gasteiger partial charge in [-0.1, -0.05) is 0 Å². The highest BCUT2D eigenvalue weighted by molar-refractivity contribution is 5.94. The van der Waals surface area contributed by atoms with Crippen molar-refractivity contribution >= 4 is 16.6 Å². The van der Waals surface area contributed by atoms with Crippen molar-refractivity contribution in [1.29, 1.82) is 0 Å². The molecule has 0 saturated carbocycles. The summed E-state index contributed by atoms with van der Waals surface area (Å²) >= 11 is 0. The fraction of sp³-hybridized carbons (Fsp3) is 0.400. The van der Waals surface area contributed by atoms with Crippen LogP contribution in [0.2, 0.25) is 0 Å². The zero-order valence-corrected chi connectivity index (χ0v) is 12.3. The van der Waals surface area contributed by atoms with Crippen LogP contribution in [0.25, 0.3) is 10.9 Å². The summed E-state index contributed by atoms with van der Waals surface area (Å²) in [6.45, 7) is 5.19. The van der Waals surface area contributed by atoms with Crippen LogP contribution in [0.5, 0.6) is 5.75 Å². The van der Waals surface area contributed by atoms with Crippen LogP contribution in [0.3, 0.4) is 0 Å². The van der Waals surface area contributed by atoms with Gasteiger partial charge in [0.05, 0.1) is 11.6 Å². The van der Waals surface area contributed by atoms with Gasteiger partial charge in [-0.25, -0.2) is 4.98 Å². The van der Waals surface area contributed by atoms with Crippen molar-refractivity contribution in [3.05, 3.63) is 29.5 Å². The molecule has 1 aromatic carbocycles. The van der Waals surface area contributed by atoms with E-state index >= 15 is 0 Å². The van der Waals surface area contributed by atoms with Gasteiger partial charge in [-0.15, -0.1) is 0 Å². The van der Waals surface area contributed by atoms with Crippen molar-refractivity contribution in [2.24, 2.45) is 0 Å². The molecule has 114 valence electrons. The molecule has 1 N–H and O–H groups in total. The number of anilines is 1. The molecule has 0 unspecified atom stereocenters. The monoisotopic (exact) mass is 298 g/mol. The lowest BCUT2D eigenvalue weighted by molar-refractivity contribution is -0.141. The number of hydrogen-bond donors (Lipinski definition) is 1. The first-order chi connectivity index (χ1) is 9.74. The largest absolute Gasteiger partial charge is 0.491 e. The van der Waals surface area contributed by atoms with E-state index in [0.29, 0.717) is 16.8 Å². The maximum Gasteiger partial charge on any atom is 0.433 e. The minimum absolute atomic E-state index is 0.0102. The number of nitrogens with one attached hydrogen (secondary N) is 1. The van der Waals surface area contributed by atoms with Gasteiger partial charge in [0.25, 0.3) is 0 Å². The van der Waals surface area contributed by atoms with E-state index < -0.39 is 11.9 Å². The van der Waals surface area contributed by atoms with Crippen LogP contribution in [0.4, 0.5) is 18.9 Å². The molecule has 3 nitrogen and oxygen atoms in total. The molecule has 0 fully saturated rings. The van der Waals surface area contributed by atoms with Crippen LogP contribution in [0.15, 0.2) is 18.2 Å². The molecule has 6 heteroatoms. The zero-order chi connectivity index (χ0) is 15.8. The molecule has 0 spiro atoms. The molecule has 21 heavy (non-hydrogen) atoms. The number of halogens is 3. The first-order valence-corrected chi connectivity index (χ1v) is 6.60. The smallest absolute Gasteiger partial charge is 0.433 e. The number of aromatic nitrogens is 1. The number of nitrogens with zero attached hydrogens (tertiary/aromatic N) is 1. The standard InChI is InChI=1S/C15H17F3N2O/c1-8(2)21-10-5-6-12-11(7-10)13(19-4)9(3)14(20-12)15(16,17)18/h5-8H,1-4H3,(H,19,20). The SMILES string of the molecule is CNc1c(C)c(C(F)(F)F)nc2ccc(OC(C)C)cc12. The van der Waals surface area contributed by atoms with Crippen LogP contribution in [-0.4, -0.2) is 18.1 Å². The second-order valence-electron chi connectivity index (χ2n) is 5.05. The molecule has 0 aliphatic carbocycles. The van der Waals surface area contributed by atoms with Crippen molar-refractivity contribution in [1.82, 2.24) is 4.98 Å². The number of fused-ring (bicyclic) bond motifs is 1. The number of alkyl halides is 3. The van der Waals surface area contributed by atoms with Gasteiger partial charge in [0.15, 0.2) is 0 Å². The van der Waals surface area contributed by atoms with Gasteiger partial charge in [-0.2, -0.15) is 13.2 Å². The maximum absolute atomic E-state index is 13.0. The number of pyridine rings is 1. The third-order valence-electron chi connectivity index (χ3n) is 3.09. The second kappa shape index (κ2) is 5.42. The van der Waals surface area contributed by atoms with Gasteiger partial charge in [0, 0.05) is 23.7 Å². The first-order valence-electron chi connectivity index (χ1n) is 6.60. The highest BCUT2D eigenvalue weighted by Crippen LogP contribution is 2.37. The lowest BCUT2D eigenvalue weighted by atomic mass is 10.1. The molecule has 0 radical (unpaired) electrons. The minimum Gasteiger partial charge on any atom is -0.491 e. The Morgan fingerprint density at radius 1 is 1.24 bits per heavy atom. The van der Waals surface area contributed by atoms with Gasteiger partial charge in [0.2, 0.25) is 0 Å². The van der Waals surface area contributed by atoms with Crippen molar-refractivity contribution in [3.63, 3.8) is 0 Å². The summed E-state index contributed by atoms with van der Waals surface area (Å²) in [5.74, 6) is 0.606. The Balaban J connectivity index is 2.70. The Hall–Kier alpha value is -1.98. The highest BCUT2D eigenvalue weighted by Gasteiger charge is 2.36. The predicted octanol–water partition coefficient (Wildman–Crippen LogP) is 4.39. The molecule has 0 atom stereocenters. The molecule has 0 amide bonds. The third-order valence-corrected chi connectivity index (χ3v) is 3.09. The third kappa shape index (κ3) is 3.04. The molecule has 0 saturated heterocycles. The molecule has 0 aliphatic heterocycles. The highest BCUT2D eigenvalue weighted by atomic mass is 19.4. The van der Waals surface area contributed by atoms with E-state index in [1.54, 1.807) is 25.2 Å². The van der Waals surface area contributed by atoms with E-state index in [9.17, 15) is 13.2 Å². The molecule has 0 bridgehead atoms. The molecular formula is C15H17F3N2O. The summed E-state index contributed by atoms with van der Waals surface area (Å²) in [7, 11) is 1.60. The van der Waals surface area contributed by atoms with Crippen LogP contribution >= 0.6 is 0 Å². The van der Waals surface area contributed by atoms with Crippen molar-refractivity contribution < 1.29 is 17.9 Å². The summed E-state index contributed by atoms with van der Waals surface area (Å²) in [6.07, 6.45) is -4.49. The first kappa shape index (κ1) is 15.4. The maximum atomic E-state index is 13.0. The fourth-order valence-corrected chi connectivity index (χ4v) is 2.28. The van der Waals surface area contributed by atoms with Gasteiger partial charge in [0.1, 0.15) is 11.4 Å². The Bertz CT molecular complexity index is 666. The van der Waals surface area contributed by atoms with Gasteiger partial charge >= 0.3 is 6.18 Å². The lowest BCUT2D eigenvalue weighted by Crippen LogP contribution is -2.13. The molecule has 1 aromatic heterocycles. The van der Waals surface area contributed by atoms with Crippen LogP contribution < -0.4 is 10.1 Å².